The van der Waals surface area contributed by atoms with Crippen molar-refractivity contribution in [2.24, 2.45) is 0 Å². The van der Waals surface area contributed by atoms with Crippen molar-refractivity contribution < 1.29 is 4.74 Å². The Bertz CT molecular complexity index is 210. The number of hydrogen-bond donors (Lipinski definition) is 1. The number of nitrogens with one attached hydrogen (secondary N) is 1. The van der Waals surface area contributed by atoms with Crippen molar-refractivity contribution >= 4 is 0 Å². The number of likely N-dealkylation sites (tertiary alicyclic amines) is 1. The van der Waals surface area contributed by atoms with Crippen LogP contribution in [0.5, 0.6) is 0 Å². The lowest BCUT2D eigenvalue weighted by atomic mass is 10.2. The average Bonchev–Trinajstić information content (AvgIpc) is 2.87. The maximum atomic E-state index is 6.07. The highest BCUT2D eigenvalue weighted by atomic mass is 16.5. The molecule has 16 heavy (non-hydrogen) atoms. The molecule has 3 atom stereocenters. The van der Waals surface area contributed by atoms with Crippen LogP contribution in [0, 0.1) is 0 Å². The summed E-state index contributed by atoms with van der Waals surface area (Å²) in [6, 6.07) is 0.774. The molecule has 2 rings (SSSR count). The zero-order valence-corrected chi connectivity index (χ0v) is 10.7. The largest absolute Gasteiger partial charge is 0.372 e. The molecule has 0 bridgehead atoms. The Morgan fingerprint density at radius 1 is 1.25 bits per heavy atom. The van der Waals surface area contributed by atoms with Gasteiger partial charge in [0.05, 0.1) is 12.2 Å². The standard InChI is InChI=1S/C13H26N2O/c1-3-14-9-12-6-7-13(16-12)10-15-8-4-5-11(15)2/h11-14H,3-10H2,1-2H3. The Morgan fingerprint density at radius 3 is 2.75 bits per heavy atom. The summed E-state index contributed by atoms with van der Waals surface area (Å²) >= 11 is 0. The smallest absolute Gasteiger partial charge is 0.0707 e. The van der Waals surface area contributed by atoms with Crippen LogP contribution in [-0.2, 0) is 4.74 Å². The Hall–Kier alpha value is -0.120. The van der Waals surface area contributed by atoms with Gasteiger partial charge in [0.25, 0.3) is 0 Å². The maximum absolute atomic E-state index is 6.07. The molecule has 0 aromatic rings. The molecule has 1 N–H and O–H groups in total. The second kappa shape index (κ2) is 5.99. The first-order valence-electron chi connectivity index (χ1n) is 6.89. The van der Waals surface area contributed by atoms with Gasteiger partial charge in [-0.3, -0.25) is 4.90 Å². The van der Waals surface area contributed by atoms with E-state index in [1.54, 1.807) is 0 Å². The number of likely N-dealkylation sites (N-methyl/N-ethyl adjacent to an activating group) is 1. The van der Waals surface area contributed by atoms with Crippen molar-refractivity contribution in [2.45, 2.75) is 57.8 Å². The second-order valence-electron chi connectivity index (χ2n) is 5.25. The van der Waals surface area contributed by atoms with Crippen molar-refractivity contribution in [3.63, 3.8) is 0 Å². The quantitative estimate of drug-likeness (QED) is 0.771. The highest BCUT2D eigenvalue weighted by Crippen LogP contribution is 2.23. The van der Waals surface area contributed by atoms with Gasteiger partial charge in [-0.15, -0.1) is 0 Å². The monoisotopic (exact) mass is 226 g/mol. The fraction of sp³-hybridized carbons (Fsp3) is 1.00. The van der Waals surface area contributed by atoms with Gasteiger partial charge in [0.1, 0.15) is 0 Å². The Kier molecular flexibility index (Phi) is 4.62. The lowest BCUT2D eigenvalue weighted by molar-refractivity contribution is 0.0224. The van der Waals surface area contributed by atoms with Crippen molar-refractivity contribution in [3.05, 3.63) is 0 Å². The van der Waals surface area contributed by atoms with Crippen molar-refractivity contribution in [1.29, 1.82) is 0 Å². The predicted molar refractivity (Wildman–Crippen MR) is 66.7 cm³/mol. The van der Waals surface area contributed by atoms with E-state index in [4.69, 9.17) is 4.74 Å². The third-order valence-electron chi connectivity index (χ3n) is 3.95. The van der Waals surface area contributed by atoms with Gasteiger partial charge in [-0.05, 0) is 45.7 Å². The van der Waals surface area contributed by atoms with Crippen LogP contribution in [0.15, 0.2) is 0 Å². The number of rotatable bonds is 5. The lowest BCUT2D eigenvalue weighted by Gasteiger charge is -2.24. The minimum atomic E-state index is 0.461. The van der Waals surface area contributed by atoms with E-state index in [1.807, 2.05) is 0 Å². The molecule has 0 aromatic carbocycles. The molecule has 0 saturated carbocycles. The van der Waals surface area contributed by atoms with E-state index >= 15 is 0 Å². The summed E-state index contributed by atoms with van der Waals surface area (Å²) < 4.78 is 6.07. The summed E-state index contributed by atoms with van der Waals surface area (Å²) in [7, 11) is 0. The zero-order valence-electron chi connectivity index (χ0n) is 10.7. The molecule has 0 amide bonds. The van der Waals surface area contributed by atoms with E-state index < -0.39 is 0 Å². The number of ether oxygens (including phenoxy) is 1. The molecule has 0 spiro atoms. The van der Waals surface area contributed by atoms with Gasteiger partial charge < -0.3 is 10.1 Å². The molecule has 2 heterocycles. The van der Waals surface area contributed by atoms with Gasteiger partial charge >= 0.3 is 0 Å². The van der Waals surface area contributed by atoms with Crippen LogP contribution in [-0.4, -0.2) is 49.3 Å². The van der Waals surface area contributed by atoms with Gasteiger partial charge in [-0.1, -0.05) is 6.92 Å². The van der Waals surface area contributed by atoms with E-state index in [9.17, 15) is 0 Å². The summed E-state index contributed by atoms with van der Waals surface area (Å²) in [5, 5.41) is 3.37. The zero-order chi connectivity index (χ0) is 11.4. The van der Waals surface area contributed by atoms with E-state index in [1.165, 1.54) is 32.2 Å². The molecule has 0 aromatic heterocycles. The second-order valence-corrected chi connectivity index (χ2v) is 5.25. The van der Waals surface area contributed by atoms with E-state index in [0.717, 1.165) is 25.7 Å². The highest BCUT2D eigenvalue weighted by molar-refractivity contribution is 4.82. The first-order valence-corrected chi connectivity index (χ1v) is 6.89. The highest BCUT2D eigenvalue weighted by Gasteiger charge is 2.29. The number of nitrogens with zero attached hydrogens (tertiary/aromatic N) is 1. The van der Waals surface area contributed by atoms with Crippen molar-refractivity contribution in [1.82, 2.24) is 10.2 Å². The molecule has 0 radical (unpaired) electrons. The van der Waals surface area contributed by atoms with Crippen LogP contribution in [0.3, 0.4) is 0 Å². The van der Waals surface area contributed by atoms with Gasteiger partial charge in [-0.2, -0.15) is 0 Å². The Labute approximate surface area is 99.5 Å². The Balaban J connectivity index is 1.68. The van der Waals surface area contributed by atoms with Crippen molar-refractivity contribution in [2.75, 3.05) is 26.2 Å². The van der Waals surface area contributed by atoms with E-state index in [0.29, 0.717) is 12.2 Å². The van der Waals surface area contributed by atoms with E-state index in [-0.39, 0.29) is 0 Å². The van der Waals surface area contributed by atoms with Crippen LogP contribution in [0.25, 0.3) is 0 Å². The number of hydrogen-bond acceptors (Lipinski definition) is 3. The van der Waals surface area contributed by atoms with Gasteiger partial charge in [0, 0.05) is 19.1 Å². The van der Waals surface area contributed by atoms with Crippen LogP contribution in [0.4, 0.5) is 0 Å². The summed E-state index contributed by atoms with van der Waals surface area (Å²) in [6.07, 6.45) is 6.17. The third-order valence-corrected chi connectivity index (χ3v) is 3.95. The van der Waals surface area contributed by atoms with Crippen molar-refractivity contribution in [3.8, 4) is 0 Å². The molecule has 2 saturated heterocycles. The molecule has 2 aliphatic heterocycles. The summed E-state index contributed by atoms with van der Waals surface area (Å²) in [4.78, 5) is 2.60. The summed E-state index contributed by atoms with van der Waals surface area (Å²) in [5.74, 6) is 0. The van der Waals surface area contributed by atoms with Gasteiger partial charge in [-0.25, -0.2) is 0 Å². The first-order chi connectivity index (χ1) is 7.79. The molecule has 94 valence electrons. The normalized spacial score (nSPS) is 36.0. The minimum absolute atomic E-state index is 0.461. The molecular formula is C13H26N2O. The van der Waals surface area contributed by atoms with Gasteiger partial charge in [0.2, 0.25) is 0 Å². The van der Waals surface area contributed by atoms with Crippen LogP contribution >= 0.6 is 0 Å². The first kappa shape index (κ1) is 12.3. The molecule has 3 nitrogen and oxygen atoms in total. The molecular weight excluding hydrogens is 200 g/mol. The van der Waals surface area contributed by atoms with E-state index in [2.05, 4.69) is 24.1 Å². The summed E-state index contributed by atoms with van der Waals surface area (Å²) in [6.45, 7) is 9.01. The average molecular weight is 226 g/mol. The van der Waals surface area contributed by atoms with Crippen LogP contribution in [0.2, 0.25) is 0 Å². The fourth-order valence-corrected chi connectivity index (χ4v) is 2.90. The Morgan fingerprint density at radius 2 is 2.06 bits per heavy atom. The minimum Gasteiger partial charge on any atom is -0.372 e. The predicted octanol–water partition coefficient (Wildman–Crippen LogP) is 1.63. The summed E-state index contributed by atoms with van der Waals surface area (Å²) in [5.41, 5.74) is 0. The maximum Gasteiger partial charge on any atom is 0.0707 e. The lowest BCUT2D eigenvalue weighted by Crippen LogP contribution is -2.35. The fourth-order valence-electron chi connectivity index (χ4n) is 2.90. The third kappa shape index (κ3) is 3.19. The van der Waals surface area contributed by atoms with Gasteiger partial charge in [0.15, 0.2) is 0 Å². The molecule has 0 aliphatic carbocycles. The molecule has 2 fully saturated rings. The molecule has 2 aliphatic rings. The van der Waals surface area contributed by atoms with Crippen LogP contribution in [0.1, 0.15) is 39.5 Å². The molecule has 3 unspecified atom stereocenters. The molecule has 3 heteroatoms. The topological polar surface area (TPSA) is 24.5 Å². The van der Waals surface area contributed by atoms with Crippen LogP contribution < -0.4 is 5.32 Å². The SMILES string of the molecule is CCNCC1CCC(CN2CCCC2C)O1.